The Hall–Kier alpha value is -1.75. The molecule has 0 spiro atoms. The van der Waals surface area contributed by atoms with E-state index in [0.717, 1.165) is 0 Å². The molecule has 0 heterocycles. The van der Waals surface area contributed by atoms with Gasteiger partial charge in [-0.05, 0) is 24.3 Å². The van der Waals surface area contributed by atoms with E-state index in [-0.39, 0.29) is 12.3 Å². The first kappa shape index (κ1) is 10.3. The number of carboxylic acid groups (broad SMARTS) is 1. The van der Waals surface area contributed by atoms with Crippen LogP contribution in [0.25, 0.3) is 0 Å². The largest absolute Gasteiger partial charge is 0.508 e. The number of anilines is 1. The summed E-state index contributed by atoms with van der Waals surface area (Å²) in [5.41, 5.74) is 0.642. The molecule has 0 aliphatic carbocycles. The van der Waals surface area contributed by atoms with Crippen molar-refractivity contribution < 1.29 is 20.1 Å². The maximum Gasteiger partial charge on any atom is 0.334 e. The van der Waals surface area contributed by atoms with Gasteiger partial charge in [0.25, 0.3) is 0 Å². The number of rotatable bonds is 4. The first-order valence-electron chi connectivity index (χ1n) is 4.03. The maximum absolute atomic E-state index is 10.2. The molecular weight excluding hydrogens is 186 g/mol. The van der Waals surface area contributed by atoms with Gasteiger partial charge in [0.05, 0.1) is 6.54 Å². The average Bonchev–Trinajstić information content (AvgIpc) is 2.16. The van der Waals surface area contributed by atoms with Gasteiger partial charge in [0.1, 0.15) is 5.75 Å². The van der Waals surface area contributed by atoms with Crippen LogP contribution in [0.2, 0.25) is 0 Å². The number of aliphatic carboxylic acids is 1. The molecule has 0 saturated heterocycles. The molecule has 4 N–H and O–H groups in total. The summed E-state index contributed by atoms with van der Waals surface area (Å²) in [6.45, 7) is -0.0693. The highest BCUT2D eigenvalue weighted by molar-refractivity contribution is 5.72. The van der Waals surface area contributed by atoms with Crippen molar-refractivity contribution in [2.75, 3.05) is 11.9 Å². The Morgan fingerprint density at radius 3 is 2.43 bits per heavy atom. The highest BCUT2D eigenvalue weighted by atomic mass is 16.4. The SMILES string of the molecule is O=C(O)C(O)CNc1ccc(O)cc1. The highest BCUT2D eigenvalue weighted by Gasteiger charge is 2.11. The molecule has 5 nitrogen and oxygen atoms in total. The molecular formula is C9H11NO4. The van der Waals surface area contributed by atoms with Crippen molar-refractivity contribution in [3.8, 4) is 5.75 Å². The Morgan fingerprint density at radius 1 is 1.36 bits per heavy atom. The monoisotopic (exact) mass is 197 g/mol. The summed E-state index contributed by atoms with van der Waals surface area (Å²) in [6.07, 6.45) is -1.43. The van der Waals surface area contributed by atoms with Gasteiger partial charge >= 0.3 is 5.97 Å². The third kappa shape index (κ3) is 2.95. The van der Waals surface area contributed by atoms with Crippen molar-refractivity contribution in [2.24, 2.45) is 0 Å². The molecule has 0 fully saturated rings. The van der Waals surface area contributed by atoms with E-state index < -0.39 is 12.1 Å². The predicted molar refractivity (Wildman–Crippen MR) is 50.2 cm³/mol. The Bertz CT molecular complexity index is 309. The van der Waals surface area contributed by atoms with Gasteiger partial charge < -0.3 is 20.6 Å². The number of hydrogen-bond donors (Lipinski definition) is 4. The Morgan fingerprint density at radius 2 is 1.93 bits per heavy atom. The molecule has 0 bridgehead atoms. The highest BCUT2D eigenvalue weighted by Crippen LogP contribution is 2.13. The lowest BCUT2D eigenvalue weighted by atomic mass is 10.3. The average molecular weight is 197 g/mol. The number of hydrogen-bond acceptors (Lipinski definition) is 4. The molecule has 1 aromatic carbocycles. The van der Waals surface area contributed by atoms with Crippen molar-refractivity contribution in [2.45, 2.75) is 6.10 Å². The van der Waals surface area contributed by atoms with Crippen molar-refractivity contribution in [1.29, 1.82) is 0 Å². The van der Waals surface area contributed by atoms with Crippen LogP contribution in [-0.2, 0) is 4.79 Å². The predicted octanol–water partition coefficient (Wildman–Crippen LogP) is 0.250. The molecule has 0 aromatic heterocycles. The van der Waals surface area contributed by atoms with Gasteiger partial charge in [-0.15, -0.1) is 0 Å². The van der Waals surface area contributed by atoms with Gasteiger partial charge in [0, 0.05) is 5.69 Å². The lowest BCUT2D eigenvalue weighted by Gasteiger charge is -2.08. The topological polar surface area (TPSA) is 89.8 Å². The van der Waals surface area contributed by atoms with Gasteiger partial charge in [-0.3, -0.25) is 0 Å². The van der Waals surface area contributed by atoms with Crippen molar-refractivity contribution >= 4 is 11.7 Å². The second-order valence-electron chi connectivity index (χ2n) is 2.78. The quantitative estimate of drug-likeness (QED) is 0.519. The van der Waals surface area contributed by atoms with Crippen molar-refractivity contribution in [3.63, 3.8) is 0 Å². The minimum atomic E-state index is -1.43. The summed E-state index contributed by atoms with van der Waals surface area (Å²) in [4.78, 5) is 10.2. The number of nitrogens with one attached hydrogen (secondary N) is 1. The molecule has 0 radical (unpaired) electrons. The minimum Gasteiger partial charge on any atom is -0.508 e. The molecule has 1 atom stereocenters. The number of aliphatic hydroxyl groups is 1. The van der Waals surface area contributed by atoms with E-state index in [0.29, 0.717) is 5.69 Å². The molecule has 0 amide bonds. The van der Waals surface area contributed by atoms with Gasteiger partial charge in [0.2, 0.25) is 0 Å². The maximum atomic E-state index is 10.2. The number of carboxylic acids is 1. The molecule has 5 heteroatoms. The fourth-order valence-corrected chi connectivity index (χ4v) is 0.881. The van der Waals surface area contributed by atoms with E-state index in [1.165, 1.54) is 12.1 Å². The molecule has 0 aliphatic heterocycles. The number of aromatic hydroxyl groups is 1. The zero-order chi connectivity index (χ0) is 10.6. The fraction of sp³-hybridized carbons (Fsp3) is 0.222. The first-order valence-corrected chi connectivity index (χ1v) is 4.03. The van der Waals surface area contributed by atoms with E-state index in [9.17, 15) is 4.79 Å². The number of phenols is 1. The molecule has 1 aromatic rings. The molecule has 76 valence electrons. The number of benzene rings is 1. The molecule has 1 rings (SSSR count). The van der Waals surface area contributed by atoms with E-state index in [1.807, 2.05) is 0 Å². The van der Waals surface area contributed by atoms with Crippen LogP contribution in [0, 0.1) is 0 Å². The standard InChI is InChI=1S/C9H11NO4/c11-7-3-1-6(2-4-7)10-5-8(12)9(13)14/h1-4,8,10-12H,5H2,(H,13,14). The van der Waals surface area contributed by atoms with Crippen LogP contribution in [0.4, 0.5) is 5.69 Å². The smallest absolute Gasteiger partial charge is 0.334 e. The number of aliphatic hydroxyl groups excluding tert-OH is 1. The van der Waals surface area contributed by atoms with Crippen LogP contribution in [0.1, 0.15) is 0 Å². The summed E-state index contributed by atoms with van der Waals surface area (Å²) < 4.78 is 0. The molecule has 0 aliphatic rings. The second-order valence-corrected chi connectivity index (χ2v) is 2.78. The Balaban J connectivity index is 2.46. The van der Waals surface area contributed by atoms with Crippen LogP contribution in [-0.4, -0.2) is 33.9 Å². The van der Waals surface area contributed by atoms with Gasteiger partial charge in [-0.25, -0.2) is 4.79 Å². The summed E-state index contributed by atoms with van der Waals surface area (Å²) in [5.74, 6) is -1.13. The number of carbonyl (C=O) groups is 1. The van der Waals surface area contributed by atoms with Crippen LogP contribution in [0.3, 0.4) is 0 Å². The zero-order valence-electron chi connectivity index (χ0n) is 7.34. The molecule has 14 heavy (non-hydrogen) atoms. The normalized spacial score (nSPS) is 12.1. The number of phenolic OH excluding ortho intramolecular Hbond substituents is 1. The van der Waals surface area contributed by atoms with Crippen LogP contribution < -0.4 is 5.32 Å². The Kier molecular flexibility index (Phi) is 3.30. The summed E-state index contributed by atoms with van der Waals surface area (Å²) in [5, 5.41) is 29.0. The van der Waals surface area contributed by atoms with E-state index in [4.69, 9.17) is 15.3 Å². The van der Waals surface area contributed by atoms with E-state index in [2.05, 4.69) is 5.32 Å². The lowest BCUT2D eigenvalue weighted by Crippen LogP contribution is -2.28. The van der Waals surface area contributed by atoms with Gasteiger partial charge in [0.15, 0.2) is 6.10 Å². The van der Waals surface area contributed by atoms with E-state index in [1.54, 1.807) is 12.1 Å². The molecule has 1 unspecified atom stereocenters. The van der Waals surface area contributed by atoms with E-state index >= 15 is 0 Å². The fourth-order valence-electron chi connectivity index (χ4n) is 0.881. The van der Waals surface area contributed by atoms with Gasteiger partial charge in [-0.2, -0.15) is 0 Å². The van der Waals surface area contributed by atoms with Crippen LogP contribution >= 0.6 is 0 Å². The van der Waals surface area contributed by atoms with Crippen LogP contribution in [0.5, 0.6) is 5.75 Å². The summed E-state index contributed by atoms with van der Waals surface area (Å²) in [7, 11) is 0. The van der Waals surface area contributed by atoms with Gasteiger partial charge in [-0.1, -0.05) is 0 Å². The van der Waals surface area contributed by atoms with Crippen molar-refractivity contribution in [3.05, 3.63) is 24.3 Å². The molecule has 0 saturated carbocycles. The summed E-state index contributed by atoms with van der Waals surface area (Å²) >= 11 is 0. The Labute approximate surface area is 80.6 Å². The lowest BCUT2D eigenvalue weighted by molar-refractivity contribution is -0.145. The first-order chi connectivity index (χ1) is 6.59. The second kappa shape index (κ2) is 4.48. The zero-order valence-corrected chi connectivity index (χ0v) is 7.34. The third-order valence-corrected chi connectivity index (χ3v) is 1.65. The summed E-state index contributed by atoms with van der Waals surface area (Å²) in [6, 6.07) is 6.11. The van der Waals surface area contributed by atoms with Crippen LogP contribution in [0.15, 0.2) is 24.3 Å². The van der Waals surface area contributed by atoms with Crippen molar-refractivity contribution in [1.82, 2.24) is 0 Å². The minimum absolute atomic E-state index is 0.0693. The third-order valence-electron chi connectivity index (χ3n) is 1.65.